The van der Waals surface area contributed by atoms with E-state index < -0.39 is 0 Å². The highest BCUT2D eigenvalue weighted by Crippen LogP contribution is 2.20. The SMILES string of the molecule is CC(C)(C)SNCc1ccsc1. The number of nitrogens with one attached hydrogen (secondary N) is 1. The van der Waals surface area contributed by atoms with E-state index in [-0.39, 0.29) is 0 Å². The lowest BCUT2D eigenvalue weighted by atomic mass is 10.3. The number of hydrogen-bond donors (Lipinski definition) is 1. The highest BCUT2D eigenvalue weighted by molar-refractivity contribution is 7.98. The average Bonchev–Trinajstić information content (AvgIpc) is 2.36. The van der Waals surface area contributed by atoms with Crippen LogP contribution in [-0.2, 0) is 6.54 Å². The smallest absolute Gasteiger partial charge is 0.0318 e. The van der Waals surface area contributed by atoms with Crippen LogP contribution in [-0.4, -0.2) is 4.75 Å². The molecule has 0 bridgehead atoms. The van der Waals surface area contributed by atoms with E-state index >= 15 is 0 Å². The van der Waals surface area contributed by atoms with E-state index in [1.54, 1.807) is 23.3 Å². The molecular formula is C9H15NS2. The standard InChI is InChI=1S/C9H15NS2/c1-9(2,3)12-10-6-8-4-5-11-7-8/h4-5,7,10H,6H2,1-3H3. The molecule has 0 saturated carbocycles. The molecule has 1 aromatic heterocycles. The molecule has 0 atom stereocenters. The van der Waals surface area contributed by atoms with Crippen molar-refractivity contribution in [1.82, 2.24) is 4.72 Å². The summed E-state index contributed by atoms with van der Waals surface area (Å²) in [6, 6.07) is 2.15. The van der Waals surface area contributed by atoms with Crippen molar-refractivity contribution in [3.63, 3.8) is 0 Å². The van der Waals surface area contributed by atoms with Gasteiger partial charge in [0.25, 0.3) is 0 Å². The van der Waals surface area contributed by atoms with Crippen LogP contribution in [0.1, 0.15) is 26.3 Å². The molecule has 0 aliphatic rings. The minimum absolute atomic E-state index is 0.302. The zero-order valence-electron chi connectivity index (χ0n) is 7.76. The molecule has 0 amide bonds. The van der Waals surface area contributed by atoms with Gasteiger partial charge in [0.15, 0.2) is 0 Å². The maximum absolute atomic E-state index is 3.35. The molecule has 0 radical (unpaired) electrons. The van der Waals surface area contributed by atoms with Crippen LogP contribution in [0.25, 0.3) is 0 Å². The Morgan fingerprint density at radius 1 is 1.50 bits per heavy atom. The van der Waals surface area contributed by atoms with Crippen LogP contribution in [0.4, 0.5) is 0 Å². The Balaban J connectivity index is 2.20. The van der Waals surface area contributed by atoms with Crippen molar-refractivity contribution in [2.45, 2.75) is 32.1 Å². The van der Waals surface area contributed by atoms with Crippen LogP contribution in [0, 0.1) is 0 Å². The molecule has 3 heteroatoms. The number of hydrogen-bond acceptors (Lipinski definition) is 3. The van der Waals surface area contributed by atoms with Crippen molar-refractivity contribution in [3.05, 3.63) is 22.4 Å². The summed E-state index contributed by atoms with van der Waals surface area (Å²) in [5.41, 5.74) is 1.37. The van der Waals surface area contributed by atoms with Crippen molar-refractivity contribution in [2.75, 3.05) is 0 Å². The van der Waals surface area contributed by atoms with Crippen LogP contribution in [0.15, 0.2) is 16.8 Å². The minimum atomic E-state index is 0.302. The van der Waals surface area contributed by atoms with Crippen molar-refractivity contribution in [1.29, 1.82) is 0 Å². The van der Waals surface area contributed by atoms with Gasteiger partial charge < -0.3 is 0 Å². The highest BCUT2D eigenvalue weighted by atomic mass is 32.2. The topological polar surface area (TPSA) is 12.0 Å². The molecule has 0 saturated heterocycles. The number of rotatable bonds is 3. The fourth-order valence-corrected chi connectivity index (χ4v) is 2.07. The molecule has 1 N–H and O–H groups in total. The summed E-state index contributed by atoms with van der Waals surface area (Å²) in [6.07, 6.45) is 0. The summed E-state index contributed by atoms with van der Waals surface area (Å²) in [6.45, 7) is 7.58. The largest absolute Gasteiger partial charge is 0.259 e. The fourth-order valence-electron chi connectivity index (χ4n) is 0.729. The molecule has 0 aromatic carbocycles. The van der Waals surface area contributed by atoms with Gasteiger partial charge in [0.2, 0.25) is 0 Å². The summed E-state index contributed by atoms with van der Waals surface area (Å²) in [7, 11) is 0. The summed E-state index contributed by atoms with van der Waals surface area (Å²) >= 11 is 3.53. The van der Waals surface area contributed by atoms with Crippen LogP contribution >= 0.6 is 23.3 Å². The van der Waals surface area contributed by atoms with Gasteiger partial charge in [0, 0.05) is 11.3 Å². The average molecular weight is 201 g/mol. The van der Waals surface area contributed by atoms with Crippen molar-refractivity contribution in [2.24, 2.45) is 0 Å². The molecule has 1 aromatic rings. The van der Waals surface area contributed by atoms with Gasteiger partial charge in [-0.05, 0) is 43.2 Å². The molecule has 0 spiro atoms. The first-order valence-corrected chi connectivity index (χ1v) is 5.76. The third-order valence-corrected chi connectivity index (χ3v) is 2.87. The van der Waals surface area contributed by atoms with Gasteiger partial charge in [-0.15, -0.1) is 0 Å². The zero-order valence-corrected chi connectivity index (χ0v) is 9.39. The van der Waals surface area contributed by atoms with Crippen molar-refractivity contribution in [3.8, 4) is 0 Å². The lowest BCUT2D eigenvalue weighted by Crippen LogP contribution is -2.16. The van der Waals surface area contributed by atoms with E-state index in [0.717, 1.165) is 6.54 Å². The normalized spacial score (nSPS) is 11.9. The summed E-state index contributed by atoms with van der Waals surface area (Å²) in [5.74, 6) is 0. The molecule has 1 rings (SSSR count). The first kappa shape index (κ1) is 10.1. The first-order valence-electron chi connectivity index (χ1n) is 4.00. The van der Waals surface area contributed by atoms with Gasteiger partial charge in [-0.25, -0.2) is 0 Å². The molecule has 1 nitrogen and oxygen atoms in total. The molecule has 1 heterocycles. The molecule has 68 valence electrons. The van der Waals surface area contributed by atoms with Crippen molar-refractivity contribution >= 4 is 23.3 Å². The second-order valence-corrected chi connectivity index (χ2v) is 6.16. The quantitative estimate of drug-likeness (QED) is 0.753. The van der Waals surface area contributed by atoms with E-state index in [1.165, 1.54) is 5.56 Å². The van der Waals surface area contributed by atoms with Gasteiger partial charge in [-0.1, -0.05) is 11.9 Å². The van der Waals surface area contributed by atoms with Gasteiger partial charge in [-0.2, -0.15) is 11.3 Å². The second-order valence-electron chi connectivity index (χ2n) is 3.67. The van der Waals surface area contributed by atoms with Gasteiger partial charge in [0.05, 0.1) is 0 Å². The van der Waals surface area contributed by atoms with Crippen LogP contribution in [0.2, 0.25) is 0 Å². The van der Waals surface area contributed by atoms with E-state index in [2.05, 4.69) is 42.3 Å². The van der Waals surface area contributed by atoms with E-state index in [4.69, 9.17) is 0 Å². The predicted molar refractivity (Wildman–Crippen MR) is 58.5 cm³/mol. The van der Waals surface area contributed by atoms with E-state index in [1.807, 2.05) is 0 Å². The predicted octanol–water partition coefficient (Wildman–Crippen LogP) is 3.28. The van der Waals surface area contributed by atoms with Crippen LogP contribution in [0.5, 0.6) is 0 Å². The Morgan fingerprint density at radius 2 is 2.25 bits per heavy atom. The number of thiophene rings is 1. The van der Waals surface area contributed by atoms with Crippen LogP contribution in [0.3, 0.4) is 0 Å². The summed E-state index contributed by atoms with van der Waals surface area (Å²) < 4.78 is 3.65. The molecular weight excluding hydrogens is 186 g/mol. The second kappa shape index (κ2) is 4.30. The fraction of sp³-hybridized carbons (Fsp3) is 0.556. The molecule has 0 aliphatic heterocycles. The third-order valence-electron chi connectivity index (χ3n) is 1.23. The Morgan fingerprint density at radius 3 is 2.75 bits per heavy atom. The van der Waals surface area contributed by atoms with Gasteiger partial charge in [-0.3, -0.25) is 4.72 Å². The molecule has 0 fully saturated rings. The Kier molecular flexibility index (Phi) is 3.62. The zero-order chi connectivity index (χ0) is 9.03. The third kappa shape index (κ3) is 4.14. The van der Waals surface area contributed by atoms with Gasteiger partial charge in [0.1, 0.15) is 0 Å². The maximum Gasteiger partial charge on any atom is 0.0318 e. The van der Waals surface area contributed by atoms with E-state index in [9.17, 15) is 0 Å². The lowest BCUT2D eigenvalue weighted by Gasteiger charge is -2.17. The molecule has 12 heavy (non-hydrogen) atoms. The maximum atomic E-state index is 3.35. The lowest BCUT2D eigenvalue weighted by molar-refractivity contribution is 0.788. The van der Waals surface area contributed by atoms with Crippen molar-refractivity contribution < 1.29 is 0 Å². The Labute approximate surface area is 82.7 Å². The minimum Gasteiger partial charge on any atom is -0.259 e. The van der Waals surface area contributed by atoms with Gasteiger partial charge >= 0.3 is 0 Å². The Bertz CT molecular complexity index is 211. The van der Waals surface area contributed by atoms with Crippen LogP contribution < -0.4 is 4.72 Å². The van der Waals surface area contributed by atoms with E-state index in [0.29, 0.717) is 4.75 Å². The highest BCUT2D eigenvalue weighted by Gasteiger charge is 2.09. The first-order chi connectivity index (χ1) is 5.58. The Hall–Kier alpha value is 0.01000. The summed E-state index contributed by atoms with van der Waals surface area (Å²) in [4.78, 5) is 0. The summed E-state index contributed by atoms with van der Waals surface area (Å²) in [5, 5.41) is 4.29. The monoisotopic (exact) mass is 201 g/mol. The molecule has 0 unspecified atom stereocenters. The molecule has 0 aliphatic carbocycles.